The second kappa shape index (κ2) is 5.03. The molecule has 3 nitrogen and oxygen atoms in total. The van der Waals surface area contributed by atoms with E-state index in [-0.39, 0.29) is 0 Å². The number of hydrogen-bond donors (Lipinski definition) is 1. The molecule has 2 aromatic rings. The van der Waals surface area contributed by atoms with E-state index < -0.39 is 0 Å². The van der Waals surface area contributed by atoms with Crippen molar-refractivity contribution in [3.8, 4) is 0 Å². The number of aromatic nitrogens is 2. The molecule has 4 heteroatoms. The lowest BCUT2D eigenvalue weighted by Gasteiger charge is -2.03. The number of nitrogens with one attached hydrogen (secondary N) is 1. The fraction of sp³-hybridized carbons (Fsp3) is 0.250. The standard InChI is InChI=1S/C12H14ClN3/c1-2-16-9-12(8-15-16)14-7-10-3-5-11(13)6-4-10/h3-6,8-9,14H,2,7H2,1H3. The normalized spacial score (nSPS) is 10.4. The summed E-state index contributed by atoms with van der Waals surface area (Å²) in [6, 6.07) is 7.82. The molecule has 0 radical (unpaired) electrons. The molecule has 0 atom stereocenters. The Morgan fingerprint density at radius 2 is 2.06 bits per heavy atom. The molecule has 1 aromatic carbocycles. The van der Waals surface area contributed by atoms with E-state index in [9.17, 15) is 0 Å². The lowest BCUT2D eigenvalue weighted by Crippen LogP contribution is -1.98. The van der Waals surface area contributed by atoms with E-state index in [0.717, 1.165) is 23.8 Å². The number of benzene rings is 1. The largest absolute Gasteiger partial charge is 0.378 e. The predicted molar refractivity (Wildman–Crippen MR) is 66.7 cm³/mol. The van der Waals surface area contributed by atoms with Crippen molar-refractivity contribution in [1.82, 2.24) is 9.78 Å². The van der Waals surface area contributed by atoms with Crippen LogP contribution in [0.2, 0.25) is 5.02 Å². The topological polar surface area (TPSA) is 29.9 Å². The Bertz CT molecular complexity index is 448. The zero-order valence-electron chi connectivity index (χ0n) is 9.15. The molecule has 16 heavy (non-hydrogen) atoms. The summed E-state index contributed by atoms with van der Waals surface area (Å²) in [4.78, 5) is 0. The fourth-order valence-corrected chi connectivity index (χ4v) is 1.56. The van der Waals surface area contributed by atoms with Crippen LogP contribution in [0.4, 0.5) is 5.69 Å². The lowest BCUT2D eigenvalue weighted by atomic mass is 10.2. The first-order valence-electron chi connectivity index (χ1n) is 5.28. The Morgan fingerprint density at radius 1 is 1.31 bits per heavy atom. The quantitative estimate of drug-likeness (QED) is 0.882. The number of rotatable bonds is 4. The molecule has 0 amide bonds. The van der Waals surface area contributed by atoms with Gasteiger partial charge in [0.2, 0.25) is 0 Å². The molecule has 0 spiro atoms. The Morgan fingerprint density at radius 3 is 2.69 bits per heavy atom. The molecular weight excluding hydrogens is 222 g/mol. The first-order chi connectivity index (χ1) is 7.78. The van der Waals surface area contributed by atoms with E-state index in [1.165, 1.54) is 5.56 Å². The van der Waals surface area contributed by atoms with Gasteiger partial charge in [0.05, 0.1) is 11.9 Å². The molecule has 0 aliphatic rings. The lowest BCUT2D eigenvalue weighted by molar-refractivity contribution is 0.660. The van der Waals surface area contributed by atoms with Gasteiger partial charge in [0.1, 0.15) is 0 Å². The van der Waals surface area contributed by atoms with Crippen molar-refractivity contribution in [3.63, 3.8) is 0 Å². The summed E-state index contributed by atoms with van der Waals surface area (Å²) >= 11 is 5.82. The third-order valence-electron chi connectivity index (χ3n) is 2.37. The van der Waals surface area contributed by atoms with Crippen molar-refractivity contribution in [1.29, 1.82) is 0 Å². The molecule has 0 bridgehead atoms. The Hall–Kier alpha value is -1.48. The Labute approximate surface area is 100 Å². The maximum Gasteiger partial charge on any atom is 0.0729 e. The van der Waals surface area contributed by atoms with E-state index in [0.29, 0.717) is 0 Å². The minimum absolute atomic E-state index is 0.766. The summed E-state index contributed by atoms with van der Waals surface area (Å²) in [6.45, 7) is 3.74. The summed E-state index contributed by atoms with van der Waals surface area (Å²) in [7, 11) is 0. The van der Waals surface area contributed by atoms with Gasteiger partial charge in [-0.2, -0.15) is 5.10 Å². The van der Waals surface area contributed by atoms with Crippen LogP contribution in [0.5, 0.6) is 0 Å². The van der Waals surface area contributed by atoms with Gasteiger partial charge in [-0.05, 0) is 24.6 Å². The van der Waals surface area contributed by atoms with Crippen LogP contribution < -0.4 is 5.32 Å². The van der Waals surface area contributed by atoms with Crippen LogP contribution in [0, 0.1) is 0 Å². The highest BCUT2D eigenvalue weighted by atomic mass is 35.5. The number of hydrogen-bond acceptors (Lipinski definition) is 2. The molecule has 84 valence electrons. The van der Waals surface area contributed by atoms with Gasteiger partial charge in [-0.15, -0.1) is 0 Å². The van der Waals surface area contributed by atoms with E-state index in [1.807, 2.05) is 41.3 Å². The van der Waals surface area contributed by atoms with Crippen molar-refractivity contribution < 1.29 is 0 Å². The smallest absolute Gasteiger partial charge is 0.0729 e. The average molecular weight is 236 g/mol. The molecule has 0 saturated heterocycles. The number of anilines is 1. The molecule has 1 heterocycles. The molecule has 0 aliphatic heterocycles. The van der Waals surface area contributed by atoms with Crippen LogP contribution >= 0.6 is 11.6 Å². The number of halogens is 1. The summed E-state index contributed by atoms with van der Waals surface area (Å²) in [6.07, 6.45) is 3.83. The van der Waals surface area contributed by atoms with Gasteiger partial charge in [0.25, 0.3) is 0 Å². The van der Waals surface area contributed by atoms with E-state index >= 15 is 0 Å². The zero-order valence-corrected chi connectivity index (χ0v) is 9.91. The highest BCUT2D eigenvalue weighted by Crippen LogP contribution is 2.11. The van der Waals surface area contributed by atoms with Gasteiger partial charge in [-0.25, -0.2) is 0 Å². The molecule has 0 unspecified atom stereocenters. The molecular formula is C12H14ClN3. The van der Waals surface area contributed by atoms with Crippen LogP contribution in [0.3, 0.4) is 0 Å². The molecule has 1 N–H and O–H groups in total. The Kier molecular flexibility index (Phi) is 3.47. The molecule has 1 aromatic heterocycles. The zero-order chi connectivity index (χ0) is 11.4. The van der Waals surface area contributed by atoms with Gasteiger partial charge < -0.3 is 5.32 Å². The van der Waals surface area contributed by atoms with Gasteiger partial charge in [-0.3, -0.25) is 4.68 Å². The van der Waals surface area contributed by atoms with Crippen molar-refractivity contribution in [2.45, 2.75) is 20.0 Å². The van der Waals surface area contributed by atoms with Crippen molar-refractivity contribution in [2.24, 2.45) is 0 Å². The van der Waals surface area contributed by atoms with Crippen molar-refractivity contribution >= 4 is 17.3 Å². The van der Waals surface area contributed by atoms with E-state index in [4.69, 9.17) is 11.6 Å². The summed E-state index contributed by atoms with van der Waals surface area (Å²) in [5.41, 5.74) is 2.24. The SMILES string of the molecule is CCn1cc(NCc2ccc(Cl)cc2)cn1. The molecule has 0 fully saturated rings. The van der Waals surface area contributed by atoms with Crippen LogP contribution in [-0.2, 0) is 13.1 Å². The molecule has 0 aliphatic carbocycles. The maximum atomic E-state index is 5.82. The van der Waals surface area contributed by atoms with Crippen molar-refractivity contribution in [2.75, 3.05) is 5.32 Å². The van der Waals surface area contributed by atoms with E-state index in [1.54, 1.807) is 0 Å². The van der Waals surface area contributed by atoms with Gasteiger partial charge in [0.15, 0.2) is 0 Å². The third-order valence-corrected chi connectivity index (χ3v) is 2.62. The first kappa shape index (κ1) is 11.0. The minimum atomic E-state index is 0.766. The van der Waals surface area contributed by atoms with Crippen LogP contribution in [-0.4, -0.2) is 9.78 Å². The van der Waals surface area contributed by atoms with E-state index in [2.05, 4.69) is 17.3 Å². The average Bonchev–Trinajstić information content (AvgIpc) is 2.76. The maximum absolute atomic E-state index is 5.82. The van der Waals surface area contributed by atoms with Gasteiger partial charge in [0, 0.05) is 24.3 Å². The second-order valence-corrected chi connectivity index (χ2v) is 4.00. The molecule has 0 saturated carbocycles. The summed E-state index contributed by atoms with van der Waals surface area (Å²) < 4.78 is 1.89. The highest BCUT2D eigenvalue weighted by Gasteiger charge is 1.97. The molecule has 2 rings (SSSR count). The van der Waals surface area contributed by atoms with Gasteiger partial charge in [-0.1, -0.05) is 23.7 Å². The van der Waals surface area contributed by atoms with Crippen molar-refractivity contribution in [3.05, 3.63) is 47.2 Å². The number of aryl methyl sites for hydroxylation is 1. The predicted octanol–water partition coefficient (Wildman–Crippen LogP) is 3.17. The van der Waals surface area contributed by atoms with Gasteiger partial charge >= 0.3 is 0 Å². The number of nitrogens with zero attached hydrogens (tertiary/aromatic N) is 2. The van der Waals surface area contributed by atoms with Crippen LogP contribution in [0.15, 0.2) is 36.7 Å². The first-order valence-corrected chi connectivity index (χ1v) is 5.66. The minimum Gasteiger partial charge on any atom is -0.378 e. The van der Waals surface area contributed by atoms with Crippen LogP contribution in [0.25, 0.3) is 0 Å². The highest BCUT2D eigenvalue weighted by molar-refractivity contribution is 6.30. The summed E-state index contributed by atoms with van der Waals surface area (Å²) in [5, 5.41) is 8.27. The van der Waals surface area contributed by atoms with Crippen LogP contribution in [0.1, 0.15) is 12.5 Å². The third kappa shape index (κ3) is 2.76. The summed E-state index contributed by atoms with van der Waals surface area (Å²) in [5.74, 6) is 0. The second-order valence-electron chi connectivity index (χ2n) is 3.56. The Balaban J connectivity index is 1.94. The fourth-order valence-electron chi connectivity index (χ4n) is 1.43. The monoisotopic (exact) mass is 235 g/mol.